The van der Waals surface area contributed by atoms with Crippen molar-refractivity contribution >= 4 is 11.0 Å². The third-order valence-corrected chi connectivity index (χ3v) is 13.4. The zero-order valence-electron chi connectivity index (χ0n) is 48.3. The van der Waals surface area contributed by atoms with Crippen LogP contribution in [0.4, 0.5) is 0 Å². The van der Waals surface area contributed by atoms with E-state index in [1.54, 1.807) is 0 Å². The minimum Gasteiger partial charge on any atom is -0.507 e. The highest BCUT2D eigenvalue weighted by molar-refractivity contribution is 5.98. The average molecular weight is 892 g/mol. The Balaban J connectivity index is 1.48. The van der Waals surface area contributed by atoms with Gasteiger partial charge in [0, 0.05) is 28.4 Å². The third-order valence-electron chi connectivity index (χ3n) is 13.4. The number of fused-ring (bicyclic) bond motifs is 1. The van der Waals surface area contributed by atoms with E-state index in [0.717, 1.165) is 56.6 Å². The van der Waals surface area contributed by atoms with Crippen molar-refractivity contribution in [1.82, 2.24) is 14.5 Å². The van der Waals surface area contributed by atoms with Crippen molar-refractivity contribution in [2.24, 2.45) is 0 Å². The Morgan fingerprint density at radius 1 is 0.522 bits per heavy atom. The monoisotopic (exact) mass is 892 g/mol. The van der Waals surface area contributed by atoms with E-state index in [9.17, 15) is 6.48 Å². The topological polar surface area (TPSA) is 50.9 Å². The molecule has 1 N–H and O–H groups in total. The van der Waals surface area contributed by atoms with E-state index in [0.29, 0.717) is 28.0 Å². The summed E-state index contributed by atoms with van der Waals surface area (Å²) in [5, 5.41) is 12.6. The fourth-order valence-corrected chi connectivity index (χ4v) is 8.60. The predicted molar refractivity (Wildman–Crippen MR) is 286 cm³/mol. The molecule has 0 amide bonds. The smallest absolute Gasteiger partial charge is 0.149 e. The van der Waals surface area contributed by atoms with E-state index in [-0.39, 0.29) is 69.8 Å². The highest BCUT2D eigenvalue weighted by Crippen LogP contribution is 2.46. The van der Waals surface area contributed by atoms with Gasteiger partial charge in [-0.3, -0.25) is 9.55 Å². The standard InChI is InChI=1S/C63H71N3O/c1-16-63(14,15)46-29-30-54(50(37-46)41-21-18-17-19-22-41)66-55-24-20-23-49(56(55)65-58(66)51-38-48(61(8,9)10)39-52(57(51)67)62(11,12)13)43-33-44(35-47(34-43)60(5,6)7)53-36-42(31-32-64-53)40-25-27-45(28-26-40)59(2,3)4/h17-39,67H,16H2,1-15H3/i25D,27D,28D,31D,32D,36D. The first-order valence-electron chi connectivity index (χ1n) is 26.7. The van der Waals surface area contributed by atoms with Crippen molar-refractivity contribution in [2.75, 3.05) is 0 Å². The molecule has 0 aliphatic rings. The highest BCUT2D eigenvalue weighted by Gasteiger charge is 2.30. The van der Waals surface area contributed by atoms with Gasteiger partial charge in [-0.2, -0.15) is 0 Å². The molecule has 0 atom stereocenters. The van der Waals surface area contributed by atoms with Crippen molar-refractivity contribution in [3.63, 3.8) is 0 Å². The molecule has 0 fully saturated rings. The summed E-state index contributed by atoms with van der Waals surface area (Å²) in [6.45, 7) is 31.7. The number of aromatic hydroxyl groups is 1. The number of nitrogens with zero attached hydrogens (tertiary/aromatic N) is 3. The molecular weight excluding hydrogens is 815 g/mol. The molecule has 0 bridgehead atoms. The summed E-state index contributed by atoms with van der Waals surface area (Å²) in [6, 6.07) is 34.3. The maximum Gasteiger partial charge on any atom is 0.149 e. The first kappa shape index (κ1) is 39.9. The van der Waals surface area contributed by atoms with Gasteiger partial charge in [-0.15, -0.1) is 0 Å². The van der Waals surface area contributed by atoms with E-state index in [4.69, 9.17) is 11.8 Å². The molecule has 0 aliphatic heterocycles. The zero-order valence-corrected chi connectivity index (χ0v) is 42.3. The van der Waals surface area contributed by atoms with E-state index in [1.807, 2.05) is 51.1 Å². The molecule has 0 saturated carbocycles. The number of para-hydroxylation sites is 1. The summed E-state index contributed by atoms with van der Waals surface area (Å²) in [7, 11) is 0. The van der Waals surface area contributed by atoms with Gasteiger partial charge >= 0.3 is 0 Å². The summed E-state index contributed by atoms with van der Waals surface area (Å²) >= 11 is 0. The Kier molecular flexibility index (Phi) is 10.2. The second kappa shape index (κ2) is 17.1. The normalized spacial score (nSPS) is 14.1. The Morgan fingerprint density at radius 3 is 1.84 bits per heavy atom. The van der Waals surface area contributed by atoms with Gasteiger partial charge in [0.05, 0.1) is 36.2 Å². The van der Waals surface area contributed by atoms with Crippen LogP contribution in [0.25, 0.3) is 72.7 Å². The first-order chi connectivity index (χ1) is 33.8. The van der Waals surface area contributed by atoms with Crippen LogP contribution in [-0.4, -0.2) is 19.6 Å². The maximum absolute atomic E-state index is 12.6. The van der Waals surface area contributed by atoms with E-state index in [1.165, 1.54) is 11.6 Å². The molecule has 0 aliphatic carbocycles. The number of phenolic OH excluding ortho intramolecular Hbond substituents is 1. The lowest BCUT2D eigenvalue weighted by Crippen LogP contribution is -2.17. The highest BCUT2D eigenvalue weighted by atomic mass is 16.3. The Labute approximate surface area is 409 Å². The molecule has 0 spiro atoms. The summed E-state index contributed by atoms with van der Waals surface area (Å²) in [5.41, 5.74) is 10.2. The van der Waals surface area contributed by atoms with Crippen LogP contribution in [0.15, 0.2) is 140 Å². The summed E-state index contributed by atoms with van der Waals surface area (Å²) < 4.78 is 57.0. The molecular formula is C63H71N3O. The SMILES string of the molecule is [2H]c1cc(-c2c([2H])c([2H])nc(-c3cc(-c4cccc5c4nc(-c4cc(C(C)(C)C)cc(C(C)(C)C)c4O)n5-c4ccc(C(C)(C)CC)cc4-c4ccccc4)cc(C(C)(C)C)c3)c2[2H])c([2H])c([2H])c1C(C)(C)C. The largest absolute Gasteiger partial charge is 0.507 e. The van der Waals surface area contributed by atoms with Crippen LogP contribution >= 0.6 is 0 Å². The second-order valence-electron chi connectivity index (χ2n) is 23.0. The van der Waals surface area contributed by atoms with Crippen LogP contribution in [0, 0.1) is 0 Å². The molecule has 6 aromatic carbocycles. The lowest BCUT2D eigenvalue weighted by Gasteiger charge is -2.28. The lowest BCUT2D eigenvalue weighted by molar-refractivity contribution is 0.446. The minimum atomic E-state index is -0.587. The van der Waals surface area contributed by atoms with E-state index in [2.05, 4.69) is 159 Å². The summed E-state index contributed by atoms with van der Waals surface area (Å²) in [4.78, 5) is 10.2. The van der Waals surface area contributed by atoms with Crippen molar-refractivity contribution in [2.45, 2.75) is 137 Å². The van der Waals surface area contributed by atoms with Gasteiger partial charge < -0.3 is 5.11 Å². The maximum atomic E-state index is 12.6. The van der Waals surface area contributed by atoms with Crippen LogP contribution in [0.5, 0.6) is 5.75 Å². The molecule has 8 aromatic rings. The van der Waals surface area contributed by atoms with Crippen molar-refractivity contribution < 1.29 is 13.3 Å². The van der Waals surface area contributed by atoms with Crippen LogP contribution in [0.1, 0.15) is 146 Å². The number of pyridine rings is 1. The number of phenols is 1. The Hall–Kier alpha value is -6.26. The Morgan fingerprint density at radius 2 is 1.18 bits per heavy atom. The zero-order chi connectivity index (χ0) is 53.7. The van der Waals surface area contributed by atoms with Crippen LogP contribution < -0.4 is 0 Å². The fraction of sp³-hybridized carbons (Fsp3) is 0.333. The molecule has 4 heteroatoms. The van der Waals surface area contributed by atoms with Crippen LogP contribution in [0.2, 0.25) is 0 Å². The number of benzene rings is 6. The average Bonchev–Trinajstić information content (AvgIpc) is 3.69. The van der Waals surface area contributed by atoms with Gasteiger partial charge in [0.25, 0.3) is 0 Å². The molecule has 4 nitrogen and oxygen atoms in total. The molecule has 0 saturated heterocycles. The van der Waals surface area contributed by atoms with Crippen molar-refractivity contribution in [3.05, 3.63) is 167 Å². The van der Waals surface area contributed by atoms with Gasteiger partial charge in [-0.25, -0.2) is 4.98 Å². The third kappa shape index (κ3) is 9.38. The van der Waals surface area contributed by atoms with Crippen molar-refractivity contribution in [3.8, 4) is 67.5 Å². The molecule has 2 aromatic heterocycles. The Bertz CT molecular complexity index is 3470. The van der Waals surface area contributed by atoms with Gasteiger partial charge in [-0.1, -0.05) is 189 Å². The van der Waals surface area contributed by atoms with Gasteiger partial charge in [-0.05, 0) is 126 Å². The van der Waals surface area contributed by atoms with Crippen molar-refractivity contribution in [1.29, 1.82) is 0 Å². The number of hydrogen-bond acceptors (Lipinski definition) is 3. The van der Waals surface area contributed by atoms with Gasteiger partial charge in [0.15, 0.2) is 0 Å². The number of hydrogen-bond donors (Lipinski definition) is 1. The van der Waals surface area contributed by atoms with Crippen LogP contribution in [-0.2, 0) is 27.1 Å². The quantitative estimate of drug-likeness (QED) is 0.165. The number of rotatable bonds is 8. The molecule has 344 valence electrons. The lowest BCUT2D eigenvalue weighted by atomic mass is 9.78. The fourth-order valence-electron chi connectivity index (χ4n) is 8.60. The van der Waals surface area contributed by atoms with E-state index < -0.39 is 16.2 Å². The molecule has 2 heterocycles. The number of aromatic nitrogens is 3. The van der Waals surface area contributed by atoms with Gasteiger partial charge in [0.2, 0.25) is 0 Å². The second-order valence-corrected chi connectivity index (χ2v) is 23.0. The van der Waals surface area contributed by atoms with E-state index >= 15 is 0 Å². The predicted octanol–water partition coefficient (Wildman–Crippen LogP) is 17.3. The molecule has 67 heavy (non-hydrogen) atoms. The van der Waals surface area contributed by atoms with Gasteiger partial charge in [0.1, 0.15) is 11.6 Å². The summed E-state index contributed by atoms with van der Waals surface area (Å²) in [6.07, 6.45) is 0.575. The summed E-state index contributed by atoms with van der Waals surface area (Å²) in [5.74, 6) is 0.757. The minimum absolute atomic E-state index is 0.00913. The molecule has 0 unspecified atom stereocenters. The molecule has 8 rings (SSSR count). The number of imidazole rings is 1. The molecule has 0 radical (unpaired) electrons. The van der Waals surface area contributed by atoms with Crippen LogP contribution in [0.3, 0.4) is 0 Å². The first-order valence-corrected chi connectivity index (χ1v) is 23.7.